The molecule has 1 amide bonds. The summed E-state index contributed by atoms with van der Waals surface area (Å²) in [5, 5.41) is 12.4. The van der Waals surface area contributed by atoms with Crippen molar-refractivity contribution in [3.63, 3.8) is 0 Å². The molecule has 0 unspecified atom stereocenters. The Morgan fingerprint density at radius 1 is 1.25 bits per heavy atom. The van der Waals surface area contributed by atoms with E-state index in [0.29, 0.717) is 5.00 Å². The highest BCUT2D eigenvalue weighted by Gasteiger charge is 2.52. The lowest BCUT2D eigenvalue weighted by Crippen LogP contribution is -2.34. The molecule has 1 aliphatic heterocycles. The second kappa shape index (κ2) is 6.72. The molecule has 24 heavy (non-hydrogen) atoms. The van der Waals surface area contributed by atoms with Gasteiger partial charge in [-0.2, -0.15) is 13.2 Å². The number of aliphatic carboxylic acids is 1. The number of carboxylic acids is 1. The molecular weight excluding hydrogens is 345 g/mol. The van der Waals surface area contributed by atoms with Crippen LogP contribution in [0, 0.1) is 32.6 Å². The third-order valence-electron chi connectivity index (χ3n) is 4.44. The minimum Gasteiger partial charge on any atom is -0.481 e. The van der Waals surface area contributed by atoms with E-state index < -0.39 is 36.4 Å². The van der Waals surface area contributed by atoms with Crippen molar-refractivity contribution in [1.29, 1.82) is 0 Å². The van der Waals surface area contributed by atoms with Crippen molar-refractivity contribution < 1.29 is 27.9 Å². The van der Waals surface area contributed by atoms with Gasteiger partial charge in [0.1, 0.15) is 0 Å². The van der Waals surface area contributed by atoms with Gasteiger partial charge in [0, 0.05) is 18.0 Å². The first-order valence-electron chi connectivity index (χ1n) is 7.39. The fraction of sp³-hybridized carbons (Fsp3) is 0.600. The van der Waals surface area contributed by atoms with Crippen molar-refractivity contribution in [2.45, 2.75) is 26.9 Å². The van der Waals surface area contributed by atoms with Gasteiger partial charge >= 0.3 is 12.1 Å². The molecule has 1 aromatic rings. The molecule has 0 spiro atoms. The van der Waals surface area contributed by atoms with Crippen LogP contribution in [0.1, 0.15) is 16.0 Å². The fourth-order valence-corrected chi connectivity index (χ4v) is 3.91. The Morgan fingerprint density at radius 2 is 1.88 bits per heavy atom. The Labute approximate surface area is 141 Å². The van der Waals surface area contributed by atoms with Crippen LogP contribution in [-0.4, -0.2) is 47.7 Å². The van der Waals surface area contributed by atoms with Crippen LogP contribution in [0.5, 0.6) is 0 Å². The molecule has 2 N–H and O–H groups in total. The smallest absolute Gasteiger partial charge is 0.393 e. The largest absolute Gasteiger partial charge is 0.481 e. The molecule has 2 heterocycles. The van der Waals surface area contributed by atoms with E-state index >= 15 is 0 Å². The van der Waals surface area contributed by atoms with Gasteiger partial charge in [0.25, 0.3) is 0 Å². The molecular formula is C15H19F3N2O3S. The molecule has 0 saturated carbocycles. The standard InChI is InChI=1S/C15H19F3N2O3S/c1-7-8(2)13(24-9(7)3)19-12(21)6-20-4-10(14(22)23)11(5-20)15(16,17)18/h10-11H,4-6H2,1-3H3,(H,19,21)(H,22,23)/t10-,11-/m1/s1. The lowest BCUT2D eigenvalue weighted by molar-refractivity contribution is -0.188. The van der Waals surface area contributed by atoms with Gasteiger partial charge in [-0.1, -0.05) is 0 Å². The molecule has 1 aliphatic rings. The lowest BCUT2D eigenvalue weighted by Gasteiger charge is -2.18. The van der Waals surface area contributed by atoms with E-state index in [1.807, 2.05) is 20.8 Å². The molecule has 0 aromatic carbocycles. The number of anilines is 1. The van der Waals surface area contributed by atoms with E-state index in [4.69, 9.17) is 5.11 Å². The third kappa shape index (κ3) is 3.89. The van der Waals surface area contributed by atoms with Gasteiger partial charge in [-0.05, 0) is 31.9 Å². The zero-order valence-corrected chi connectivity index (χ0v) is 14.3. The zero-order valence-electron chi connectivity index (χ0n) is 13.5. The minimum atomic E-state index is -4.59. The normalized spacial score (nSPS) is 21.9. The Morgan fingerprint density at radius 3 is 2.29 bits per heavy atom. The van der Waals surface area contributed by atoms with Gasteiger partial charge in [0.2, 0.25) is 5.91 Å². The van der Waals surface area contributed by atoms with E-state index in [0.717, 1.165) is 16.0 Å². The van der Waals surface area contributed by atoms with Crippen LogP contribution in [0.4, 0.5) is 18.2 Å². The molecule has 2 atom stereocenters. The van der Waals surface area contributed by atoms with Gasteiger partial charge in [-0.15, -0.1) is 11.3 Å². The van der Waals surface area contributed by atoms with Gasteiger partial charge < -0.3 is 10.4 Å². The Hall–Kier alpha value is -1.61. The van der Waals surface area contributed by atoms with Crippen molar-refractivity contribution in [2.24, 2.45) is 11.8 Å². The average molecular weight is 364 g/mol. The highest BCUT2D eigenvalue weighted by Crippen LogP contribution is 2.37. The number of carbonyl (C=O) groups excluding carboxylic acids is 1. The van der Waals surface area contributed by atoms with E-state index in [-0.39, 0.29) is 13.1 Å². The Kier molecular flexibility index (Phi) is 5.24. The first-order chi connectivity index (χ1) is 11.0. The number of likely N-dealkylation sites (tertiary alicyclic amines) is 1. The molecule has 0 aliphatic carbocycles. The maximum Gasteiger partial charge on any atom is 0.393 e. The number of carbonyl (C=O) groups is 2. The predicted molar refractivity (Wildman–Crippen MR) is 84.3 cm³/mol. The quantitative estimate of drug-likeness (QED) is 0.862. The van der Waals surface area contributed by atoms with Crippen molar-refractivity contribution in [3.05, 3.63) is 16.0 Å². The SMILES string of the molecule is Cc1sc(NC(=O)CN2C[C@@H](C(F)(F)F)[C@H](C(=O)O)C2)c(C)c1C. The highest BCUT2D eigenvalue weighted by atomic mass is 32.1. The van der Waals surface area contributed by atoms with Gasteiger partial charge in [-0.3, -0.25) is 14.5 Å². The summed E-state index contributed by atoms with van der Waals surface area (Å²) in [7, 11) is 0. The van der Waals surface area contributed by atoms with Crippen molar-refractivity contribution >= 4 is 28.2 Å². The van der Waals surface area contributed by atoms with Crippen molar-refractivity contribution in [2.75, 3.05) is 25.0 Å². The van der Waals surface area contributed by atoms with Crippen LogP contribution >= 0.6 is 11.3 Å². The summed E-state index contributed by atoms with van der Waals surface area (Å²) >= 11 is 1.41. The lowest BCUT2D eigenvalue weighted by atomic mass is 9.96. The molecule has 1 fully saturated rings. The molecule has 2 rings (SSSR count). The number of nitrogens with one attached hydrogen (secondary N) is 1. The van der Waals surface area contributed by atoms with Crippen LogP contribution in [0.15, 0.2) is 0 Å². The molecule has 9 heteroatoms. The number of hydrogen-bond donors (Lipinski definition) is 2. The van der Waals surface area contributed by atoms with Crippen molar-refractivity contribution in [1.82, 2.24) is 4.90 Å². The number of halogens is 3. The zero-order chi connectivity index (χ0) is 18.2. The molecule has 1 saturated heterocycles. The number of thiophene rings is 1. The fourth-order valence-electron chi connectivity index (χ4n) is 2.83. The highest BCUT2D eigenvalue weighted by molar-refractivity contribution is 7.16. The van der Waals surface area contributed by atoms with Crippen LogP contribution in [-0.2, 0) is 9.59 Å². The number of hydrogen-bond acceptors (Lipinski definition) is 4. The van der Waals surface area contributed by atoms with Gasteiger partial charge in [-0.25, -0.2) is 0 Å². The molecule has 134 valence electrons. The van der Waals surface area contributed by atoms with Gasteiger partial charge in [0.05, 0.1) is 23.4 Å². The molecule has 0 bridgehead atoms. The second-order valence-electron chi connectivity index (χ2n) is 6.07. The van der Waals surface area contributed by atoms with E-state index in [9.17, 15) is 22.8 Å². The van der Waals surface area contributed by atoms with Crippen molar-refractivity contribution in [3.8, 4) is 0 Å². The number of amides is 1. The summed E-state index contributed by atoms with van der Waals surface area (Å²) in [6.45, 7) is 4.71. The molecule has 5 nitrogen and oxygen atoms in total. The summed E-state index contributed by atoms with van der Waals surface area (Å²) in [5.41, 5.74) is 2.00. The summed E-state index contributed by atoms with van der Waals surface area (Å²) in [4.78, 5) is 25.4. The third-order valence-corrected chi connectivity index (χ3v) is 5.66. The predicted octanol–water partition coefficient (Wildman–Crippen LogP) is 2.81. The second-order valence-corrected chi connectivity index (χ2v) is 7.30. The molecule has 0 radical (unpaired) electrons. The summed E-state index contributed by atoms with van der Waals surface area (Å²) in [5.74, 6) is -5.41. The first-order valence-corrected chi connectivity index (χ1v) is 8.20. The van der Waals surface area contributed by atoms with E-state index in [2.05, 4.69) is 5.32 Å². The summed E-state index contributed by atoms with van der Waals surface area (Å²) < 4.78 is 38.8. The number of alkyl halides is 3. The number of carboxylic acid groups (broad SMARTS) is 1. The maximum atomic E-state index is 12.9. The monoisotopic (exact) mass is 364 g/mol. The average Bonchev–Trinajstić information content (AvgIpc) is 2.97. The topological polar surface area (TPSA) is 69.6 Å². The van der Waals surface area contributed by atoms with Gasteiger partial charge in [0.15, 0.2) is 0 Å². The Balaban J connectivity index is 2.02. The number of rotatable bonds is 4. The summed E-state index contributed by atoms with van der Waals surface area (Å²) in [6.07, 6.45) is -4.59. The Bertz CT molecular complexity index is 657. The summed E-state index contributed by atoms with van der Waals surface area (Å²) in [6, 6.07) is 0. The number of aryl methyl sites for hydroxylation is 1. The van der Waals surface area contributed by atoms with E-state index in [1.54, 1.807) is 0 Å². The molecule has 1 aromatic heterocycles. The first kappa shape index (κ1) is 18.7. The van der Waals surface area contributed by atoms with Crippen LogP contribution in [0.3, 0.4) is 0 Å². The van der Waals surface area contributed by atoms with Crippen LogP contribution in [0.25, 0.3) is 0 Å². The maximum absolute atomic E-state index is 12.9. The van der Waals surface area contributed by atoms with E-state index in [1.165, 1.54) is 16.2 Å². The minimum absolute atomic E-state index is 0.258. The van der Waals surface area contributed by atoms with Crippen LogP contribution in [0.2, 0.25) is 0 Å². The van der Waals surface area contributed by atoms with Crippen LogP contribution < -0.4 is 5.32 Å². The number of nitrogens with zero attached hydrogens (tertiary/aromatic N) is 1.